The number of rotatable bonds is 6. The van der Waals surface area contributed by atoms with Crippen LogP contribution in [0.15, 0.2) is 42.5 Å². The van der Waals surface area contributed by atoms with Gasteiger partial charge in [-0.25, -0.2) is 4.39 Å². The number of hydrogen-bond acceptors (Lipinski definition) is 2. The molecule has 158 valence electrons. The molecule has 2 fully saturated rings. The van der Waals surface area contributed by atoms with Gasteiger partial charge in [-0.15, -0.1) is 0 Å². The van der Waals surface area contributed by atoms with Crippen LogP contribution in [0.1, 0.15) is 36.5 Å². The highest BCUT2D eigenvalue weighted by atomic mass is 35.5. The van der Waals surface area contributed by atoms with E-state index in [9.17, 15) is 14.0 Å². The van der Waals surface area contributed by atoms with E-state index in [0.717, 1.165) is 43.5 Å². The number of likely N-dealkylation sites (tertiary alicyclic amines) is 1. The topological polar surface area (TPSA) is 40.6 Å². The van der Waals surface area contributed by atoms with Gasteiger partial charge in [0.1, 0.15) is 5.82 Å². The molecule has 2 amide bonds. The van der Waals surface area contributed by atoms with Crippen molar-refractivity contribution in [3.05, 3.63) is 58.9 Å². The van der Waals surface area contributed by atoms with E-state index in [1.807, 2.05) is 28.9 Å². The van der Waals surface area contributed by atoms with E-state index in [1.165, 1.54) is 6.07 Å². The van der Waals surface area contributed by atoms with Crippen molar-refractivity contribution in [2.24, 2.45) is 11.8 Å². The van der Waals surface area contributed by atoms with Gasteiger partial charge in [0.15, 0.2) is 0 Å². The summed E-state index contributed by atoms with van der Waals surface area (Å²) in [5.41, 5.74) is 2.30. The highest BCUT2D eigenvalue weighted by molar-refractivity contribution is 6.31. The van der Waals surface area contributed by atoms with Crippen molar-refractivity contribution in [1.29, 1.82) is 0 Å². The first-order valence-corrected chi connectivity index (χ1v) is 11.0. The molecule has 1 aliphatic heterocycles. The minimum atomic E-state index is -0.449. The summed E-state index contributed by atoms with van der Waals surface area (Å²) in [4.78, 5) is 29.1. The number of nitrogens with zero attached hydrogens (tertiary/aromatic N) is 2. The molecule has 1 atom stereocenters. The standard InChI is InChI=1S/C24H26ClFN2O2/c1-2-27(14-16-11-12-28(15-16)24(30)19-7-8-19)23(29)18-5-3-17(4-6-18)20-9-10-22(26)21(25)13-20/h3-6,9-10,13,16,19H,2,7-8,11-12,14-15H2,1H3/t16-/m0/s1. The lowest BCUT2D eigenvalue weighted by atomic mass is 10.0. The third-order valence-corrected chi connectivity index (χ3v) is 6.35. The predicted octanol–water partition coefficient (Wildman–Crippen LogP) is 4.87. The zero-order valence-electron chi connectivity index (χ0n) is 17.1. The maximum atomic E-state index is 13.4. The van der Waals surface area contributed by atoms with Gasteiger partial charge in [-0.05, 0) is 67.5 Å². The molecule has 1 saturated heterocycles. The molecule has 0 radical (unpaired) electrons. The van der Waals surface area contributed by atoms with Crippen molar-refractivity contribution in [1.82, 2.24) is 9.80 Å². The Morgan fingerprint density at radius 3 is 2.43 bits per heavy atom. The van der Waals surface area contributed by atoms with Gasteiger partial charge in [-0.1, -0.05) is 29.8 Å². The van der Waals surface area contributed by atoms with Gasteiger partial charge in [-0.2, -0.15) is 0 Å². The number of carbonyl (C=O) groups excluding carboxylic acids is 2. The molecule has 1 heterocycles. The summed E-state index contributed by atoms with van der Waals surface area (Å²) in [5, 5.41) is 0.0792. The number of halogens is 2. The van der Waals surface area contributed by atoms with Gasteiger partial charge in [0.05, 0.1) is 5.02 Å². The van der Waals surface area contributed by atoms with Crippen LogP contribution in [0.2, 0.25) is 5.02 Å². The van der Waals surface area contributed by atoms with Gasteiger partial charge in [0.25, 0.3) is 5.91 Å². The fraction of sp³-hybridized carbons (Fsp3) is 0.417. The first-order chi connectivity index (χ1) is 14.5. The minimum absolute atomic E-state index is 0.00634. The lowest BCUT2D eigenvalue weighted by molar-refractivity contribution is -0.131. The summed E-state index contributed by atoms with van der Waals surface area (Å²) >= 11 is 5.88. The van der Waals surface area contributed by atoms with Gasteiger partial charge in [0, 0.05) is 37.7 Å². The van der Waals surface area contributed by atoms with E-state index in [0.29, 0.717) is 30.5 Å². The van der Waals surface area contributed by atoms with Gasteiger partial charge in [0.2, 0.25) is 5.91 Å². The summed E-state index contributed by atoms with van der Waals surface area (Å²) in [6, 6.07) is 11.9. The maximum absolute atomic E-state index is 13.4. The smallest absolute Gasteiger partial charge is 0.253 e. The summed E-state index contributed by atoms with van der Waals surface area (Å²) in [7, 11) is 0. The lowest BCUT2D eigenvalue weighted by Gasteiger charge is -2.25. The summed E-state index contributed by atoms with van der Waals surface area (Å²) in [6.07, 6.45) is 3.01. The van der Waals surface area contributed by atoms with Gasteiger partial charge < -0.3 is 9.80 Å². The van der Waals surface area contributed by atoms with Gasteiger partial charge in [-0.3, -0.25) is 9.59 Å². The molecule has 2 aromatic carbocycles. The molecule has 2 aliphatic rings. The van der Waals surface area contributed by atoms with Crippen LogP contribution in [-0.2, 0) is 4.79 Å². The van der Waals surface area contributed by atoms with Crippen molar-refractivity contribution in [3.8, 4) is 11.1 Å². The Hall–Kier alpha value is -2.40. The van der Waals surface area contributed by atoms with Crippen LogP contribution in [0.3, 0.4) is 0 Å². The van der Waals surface area contributed by atoms with Crippen LogP contribution in [-0.4, -0.2) is 47.8 Å². The Labute approximate surface area is 181 Å². The Bertz CT molecular complexity index is 943. The molecular formula is C24H26ClFN2O2. The largest absolute Gasteiger partial charge is 0.342 e. The summed E-state index contributed by atoms with van der Waals surface area (Å²) in [5.74, 6) is 0.422. The zero-order valence-corrected chi connectivity index (χ0v) is 17.9. The Balaban J connectivity index is 1.39. The van der Waals surface area contributed by atoms with Crippen LogP contribution in [0.25, 0.3) is 11.1 Å². The number of hydrogen-bond donors (Lipinski definition) is 0. The highest BCUT2D eigenvalue weighted by Crippen LogP contribution is 2.33. The van der Waals surface area contributed by atoms with E-state index in [4.69, 9.17) is 11.6 Å². The molecule has 0 unspecified atom stereocenters. The predicted molar refractivity (Wildman–Crippen MR) is 116 cm³/mol. The Kier molecular flexibility index (Phi) is 6.09. The molecule has 4 nitrogen and oxygen atoms in total. The average molecular weight is 429 g/mol. The molecule has 30 heavy (non-hydrogen) atoms. The van der Waals surface area contributed by atoms with Crippen LogP contribution < -0.4 is 0 Å². The second kappa shape index (κ2) is 8.76. The Morgan fingerprint density at radius 1 is 1.10 bits per heavy atom. The molecule has 1 saturated carbocycles. The monoisotopic (exact) mass is 428 g/mol. The maximum Gasteiger partial charge on any atom is 0.253 e. The molecule has 2 aromatic rings. The van der Waals surface area contributed by atoms with Gasteiger partial charge >= 0.3 is 0 Å². The van der Waals surface area contributed by atoms with Crippen LogP contribution in [0.4, 0.5) is 4.39 Å². The zero-order chi connectivity index (χ0) is 21.3. The number of carbonyl (C=O) groups is 2. The molecule has 0 bridgehead atoms. The molecular weight excluding hydrogens is 403 g/mol. The minimum Gasteiger partial charge on any atom is -0.342 e. The molecule has 0 aromatic heterocycles. The van der Waals surface area contributed by atoms with E-state index in [-0.39, 0.29) is 16.8 Å². The van der Waals surface area contributed by atoms with E-state index < -0.39 is 5.82 Å². The van der Waals surface area contributed by atoms with E-state index in [1.54, 1.807) is 24.3 Å². The van der Waals surface area contributed by atoms with Crippen molar-refractivity contribution in [2.45, 2.75) is 26.2 Å². The third-order valence-electron chi connectivity index (χ3n) is 6.06. The third kappa shape index (κ3) is 4.51. The highest BCUT2D eigenvalue weighted by Gasteiger charge is 2.37. The molecule has 0 N–H and O–H groups in total. The SMILES string of the molecule is CCN(C[C@@H]1CCN(C(=O)C2CC2)C1)C(=O)c1ccc(-c2ccc(F)c(Cl)c2)cc1. The second-order valence-electron chi connectivity index (χ2n) is 8.26. The second-order valence-corrected chi connectivity index (χ2v) is 8.67. The van der Waals surface area contributed by atoms with Crippen molar-refractivity contribution < 1.29 is 14.0 Å². The molecule has 6 heteroatoms. The number of benzene rings is 2. The average Bonchev–Trinajstić information content (AvgIpc) is 3.51. The van der Waals surface area contributed by atoms with Crippen LogP contribution in [0.5, 0.6) is 0 Å². The fourth-order valence-corrected chi connectivity index (χ4v) is 4.28. The lowest BCUT2D eigenvalue weighted by Crippen LogP contribution is -2.37. The van der Waals surface area contributed by atoms with Crippen molar-refractivity contribution in [2.75, 3.05) is 26.2 Å². The van der Waals surface area contributed by atoms with E-state index >= 15 is 0 Å². The van der Waals surface area contributed by atoms with Crippen molar-refractivity contribution >= 4 is 23.4 Å². The first kappa shape index (κ1) is 20.9. The van der Waals surface area contributed by atoms with E-state index in [2.05, 4.69) is 0 Å². The number of amides is 2. The van der Waals surface area contributed by atoms with Crippen LogP contribution in [0, 0.1) is 17.7 Å². The fourth-order valence-electron chi connectivity index (χ4n) is 4.10. The first-order valence-electron chi connectivity index (χ1n) is 10.6. The Morgan fingerprint density at radius 2 is 1.80 bits per heavy atom. The summed E-state index contributed by atoms with van der Waals surface area (Å²) in [6.45, 7) is 4.83. The molecule has 1 aliphatic carbocycles. The normalized spacial score (nSPS) is 18.5. The summed E-state index contributed by atoms with van der Waals surface area (Å²) < 4.78 is 13.4. The molecule has 0 spiro atoms. The van der Waals surface area contributed by atoms with Crippen LogP contribution >= 0.6 is 11.6 Å². The quantitative estimate of drug-likeness (QED) is 0.658. The van der Waals surface area contributed by atoms with Crippen molar-refractivity contribution in [3.63, 3.8) is 0 Å². The molecule has 4 rings (SSSR count).